The third kappa shape index (κ3) is 43.7. The van der Waals surface area contributed by atoms with Gasteiger partial charge in [-0.2, -0.15) is 0 Å². The molecule has 0 saturated carbocycles. The van der Waals surface area contributed by atoms with Gasteiger partial charge < -0.3 is 28.5 Å². The van der Waals surface area contributed by atoms with E-state index in [4.69, 9.17) is 18.9 Å². The molecule has 0 bridgehead atoms. The molecular formula is C50H94NO8+. The van der Waals surface area contributed by atoms with Gasteiger partial charge in [0.05, 0.1) is 34.4 Å². The van der Waals surface area contributed by atoms with Crippen LogP contribution in [-0.4, -0.2) is 87.4 Å². The molecule has 0 aliphatic rings. The Morgan fingerprint density at radius 3 is 1.25 bits per heavy atom. The standard InChI is InChI=1S/C50H93NO8/c1-6-8-10-12-14-16-18-20-22-23-24-25-27-29-31-33-35-37-39-41-48(53)59-46(45-58-50(49(54)55)56-43-42-51(3,4)5)44-57-47(52)40-38-36-34-32-30-28-26-21-19-17-15-13-11-9-7-2/h20-22,26,46,50H,6-19,23-25,27-45H2,1-5H3/p+1/b22-20-,26-21-. The van der Waals surface area contributed by atoms with Crippen LogP contribution in [0.1, 0.15) is 219 Å². The van der Waals surface area contributed by atoms with Gasteiger partial charge in [0.2, 0.25) is 0 Å². The van der Waals surface area contributed by atoms with Crippen molar-refractivity contribution in [3.63, 3.8) is 0 Å². The summed E-state index contributed by atoms with van der Waals surface area (Å²) in [4.78, 5) is 37.2. The van der Waals surface area contributed by atoms with Crippen LogP contribution >= 0.6 is 0 Å². The lowest BCUT2D eigenvalue weighted by Crippen LogP contribution is -2.40. The van der Waals surface area contributed by atoms with Crippen molar-refractivity contribution < 1.29 is 42.9 Å². The van der Waals surface area contributed by atoms with Gasteiger partial charge in [0, 0.05) is 12.8 Å². The van der Waals surface area contributed by atoms with Gasteiger partial charge in [-0.3, -0.25) is 9.59 Å². The summed E-state index contributed by atoms with van der Waals surface area (Å²) in [5, 5.41) is 9.65. The number of nitrogens with zero attached hydrogens (tertiary/aromatic N) is 1. The number of rotatable bonds is 45. The number of hydrogen-bond donors (Lipinski definition) is 1. The van der Waals surface area contributed by atoms with E-state index < -0.39 is 24.3 Å². The minimum atomic E-state index is -1.51. The van der Waals surface area contributed by atoms with Gasteiger partial charge in [-0.25, -0.2) is 4.79 Å². The van der Waals surface area contributed by atoms with E-state index in [9.17, 15) is 19.5 Å². The zero-order valence-electron chi connectivity index (χ0n) is 39.2. The Labute approximate surface area is 363 Å². The normalized spacial score (nSPS) is 13.0. The Balaban J connectivity index is 4.37. The number of aliphatic carboxylic acids is 1. The summed E-state index contributed by atoms with van der Waals surface area (Å²) in [7, 11) is 5.96. The van der Waals surface area contributed by atoms with E-state index >= 15 is 0 Å². The number of likely N-dealkylation sites (N-methyl/N-ethyl adjacent to an activating group) is 1. The van der Waals surface area contributed by atoms with E-state index in [-0.39, 0.29) is 32.2 Å². The fraction of sp³-hybridized carbons (Fsp3) is 0.860. The molecule has 0 fully saturated rings. The average molecular weight is 837 g/mol. The number of hydrogen-bond acceptors (Lipinski definition) is 7. The number of carboxylic acids is 1. The maximum absolute atomic E-state index is 12.8. The van der Waals surface area contributed by atoms with Crippen molar-refractivity contribution in [3.05, 3.63) is 24.3 Å². The Kier molecular flexibility index (Phi) is 40.9. The molecule has 0 aromatic carbocycles. The maximum atomic E-state index is 12.8. The second kappa shape index (κ2) is 42.5. The fourth-order valence-corrected chi connectivity index (χ4v) is 6.83. The van der Waals surface area contributed by atoms with E-state index in [2.05, 4.69) is 38.2 Å². The molecule has 1 N–H and O–H groups in total. The molecule has 0 aromatic heterocycles. The molecule has 0 aromatic rings. The Morgan fingerprint density at radius 1 is 0.492 bits per heavy atom. The molecule has 2 unspecified atom stereocenters. The molecule has 0 rings (SSSR count). The zero-order valence-corrected chi connectivity index (χ0v) is 39.2. The fourth-order valence-electron chi connectivity index (χ4n) is 6.83. The van der Waals surface area contributed by atoms with Crippen LogP contribution in [0.15, 0.2) is 24.3 Å². The van der Waals surface area contributed by atoms with Crippen LogP contribution in [0.5, 0.6) is 0 Å². The summed E-state index contributed by atoms with van der Waals surface area (Å²) < 4.78 is 22.8. The minimum absolute atomic E-state index is 0.184. The van der Waals surface area contributed by atoms with Gasteiger partial charge in [0.25, 0.3) is 6.29 Å². The lowest BCUT2D eigenvalue weighted by atomic mass is 10.1. The number of quaternary nitrogens is 1. The molecule has 0 amide bonds. The van der Waals surface area contributed by atoms with Crippen LogP contribution < -0.4 is 0 Å². The first-order valence-electron chi connectivity index (χ1n) is 24.5. The molecule has 2 atom stereocenters. The second-order valence-corrected chi connectivity index (χ2v) is 17.8. The first-order chi connectivity index (χ1) is 28.6. The van der Waals surface area contributed by atoms with Crippen LogP contribution in [0.4, 0.5) is 0 Å². The van der Waals surface area contributed by atoms with Crippen LogP contribution in [0.2, 0.25) is 0 Å². The quantitative estimate of drug-likeness (QED) is 0.0212. The van der Waals surface area contributed by atoms with Gasteiger partial charge in [-0.1, -0.05) is 167 Å². The largest absolute Gasteiger partial charge is 0.477 e. The molecule has 0 radical (unpaired) electrons. The summed E-state index contributed by atoms with van der Waals surface area (Å²) in [5.74, 6) is -2.01. The summed E-state index contributed by atoms with van der Waals surface area (Å²) in [6.45, 7) is 4.87. The van der Waals surface area contributed by atoms with Gasteiger partial charge >= 0.3 is 17.9 Å². The summed E-state index contributed by atoms with van der Waals surface area (Å²) in [6, 6.07) is 0. The molecule has 0 spiro atoms. The molecule has 346 valence electrons. The van der Waals surface area contributed by atoms with Gasteiger partial charge in [-0.05, 0) is 64.2 Å². The topological polar surface area (TPSA) is 108 Å². The minimum Gasteiger partial charge on any atom is -0.477 e. The average Bonchev–Trinajstić information content (AvgIpc) is 3.19. The van der Waals surface area contributed by atoms with Crippen molar-refractivity contribution in [1.82, 2.24) is 0 Å². The third-order valence-corrected chi connectivity index (χ3v) is 10.7. The summed E-state index contributed by atoms with van der Waals surface area (Å²) >= 11 is 0. The molecule has 0 aliphatic heterocycles. The Morgan fingerprint density at radius 2 is 0.864 bits per heavy atom. The first-order valence-corrected chi connectivity index (χ1v) is 24.5. The van der Waals surface area contributed by atoms with Crippen molar-refractivity contribution in [3.8, 4) is 0 Å². The smallest absolute Gasteiger partial charge is 0.361 e. The molecule has 9 nitrogen and oxygen atoms in total. The Hall–Kier alpha value is -2.23. The number of unbranched alkanes of at least 4 members (excludes halogenated alkanes) is 26. The highest BCUT2D eigenvalue weighted by molar-refractivity contribution is 5.71. The highest BCUT2D eigenvalue weighted by Crippen LogP contribution is 2.15. The van der Waals surface area contributed by atoms with Crippen molar-refractivity contribution >= 4 is 17.9 Å². The molecular weight excluding hydrogens is 743 g/mol. The van der Waals surface area contributed by atoms with Gasteiger partial charge in [0.15, 0.2) is 6.10 Å². The number of carbonyl (C=O) groups is 3. The number of allylic oxidation sites excluding steroid dienone is 4. The third-order valence-electron chi connectivity index (χ3n) is 10.7. The monoisotopic (exact) mass is 837 g/mol. The van der Waals surface area contributed by atoms with Crippen molar-refractivity contribution in [1.29, 1.82) is 0 Å². The number of esters is 2. The van der Waals surface area contributed by atoms with E-state index in [0.717, 1.165) is 51.4 Å². The predicted molar refractivity (Wildman–Crippen MR) is 244 cm³/mol. The number of carboxylic acid groups (broad SMARTS) is 1. The second-order valence-electron chi connectivity index (χ2n) is 17.8. The van der Waals surface area contributed by atoms with Crippen molar-refractivity contribution in [2.45, 2.75) is 232 Å². The van der Waals surface area contributed by atoms with Gasteiger partial charge in [0.1, 0.15) is 13.2 Å². The molecule has 0 heterocycles. The van der Waals surface area contributed by atoms with E-state index in [1.807, 2.05) is 21.1 Å². The SMILES string of the molecule is CCCCCCCC/C=C\CCCCCCCCCCCC(=O)OC(COC(=O)CCCCCCC/C=C\CCCCCCCC)COC(OCC[N+](C)(C)C)C(=O)O. The molecule has 0 saturated heterocycles. The van der Waals surface area contributed by atoms with Crippen LogP contribution in [-0.2, 0) is 33.3 Å². The van der Waals surface area contributed by atoms with Gasteiger partial charge in [-0.15, -0.1) is 0 Å². The molecule has 9 heteroatoms. The van der Waals surface area contributed by atoms with E-state index in [1.54, 1.807) is 0 Å². The zero-order chi connectivity index (χ0) is 43.5. The Bertz CT molecular complexity index is 1020. The number of ether oxygens (including phenoxy) is 4. The molecule has 59 heavy (non-hydrogen) atoms. The van der Waals surface area contributed by atoms with Crippen LogP contribution in [0.25, 0.3) is 0 Å². The summed E-state index contributed by atoms with van der Waals surface area (Å²) in [6.07, 6.45) is 43.7. The van der Waals surface area contributed by atoms with Crippen molar-refractivity contribution in [2.24, 2.45) is 0 Å². The lowest BCUT2D eigenvalue weighted by molar-refractivity contribution is -0.870. The van der Waals surface area contributed by atoms with E-state index in [0.29, 0.717) is 17.4 Å². The maximum Gasteiger partial charge on any atom is 0.361 e. The van der Waals surface area contributed by atoms with Crippen LogP contribution in [0, 0.1) is 0 Å². The predicted octanol–water partition coefficient (Wildman–Crippen LogP) is 13.2. The summed E-state index contributed by atoms with van der Waals surface area (Å²) in [5.41, 5.74) is 0. The highest BCUT2D eigenvalue weighted by Gasteiger charge is 2.25. The lowest BCUT2D eigenvalue weighted by Gasteiger charge is -2.25. The first kappa shape index (κ1) is 56.8. The van der Waals surface area contributed by atoms with Crippen molar-refractivity contribution in [2.75, 3.05) is 47.5 Å². The highest BCUT2D eigenvalue weighted by atomic mass is 16.7. The number of carbonyl (C=O) groups excluding carboxylic acids is 2. The molecule has 0 aliphatic carbocycles. The van der Waals surface area contributed by atoms with E-state index in [1.165, 1.54) is 141 Å². The van der Waals surface area contributed by atoms with Crippen LogP contribution in [0.3, 0.4) is 0 Å².